The molecule has 0 bridgehead atoms. The molecule has 0 saturated heterocycles. The predicted molar refractivity (Wildman–Crippen MR) is 178 cm³/mol. The van der Waals surface area contributed by atoms with Gasteiger partial charge in [-0.3, -0.25) is 9.59 Å². The Morgan fingerprint density at radius 3 is 2.30 bits per heavy atom. The van der Waals surface area contributed by atoms with Gasteiger partial charge in [-0.2, -0.15) is 0 Å². The van der Waals surface area contributed by atoms with E-state index in [-0.39, 0.29) is 17.1 Å². The summed E-state index contributed by atoms with van der Waals surface area (Å²) in [5.74, 6) is 7.78. The summed E-state index contributed by atoms with van der Waals surface area (Å²) < 4.78 is 28.5. The molecule has 0 unspecified atom stereocenters. The summed E-state index contributed by atoms with van der Waals surface area (Å²) >= 11 is 0. The van der Waals surface area contributed by atoms with Gasteiger partial charge in [0.25, 0.3) is 5.91 Å². The molecule has 1 rings (SSSR count). The zero-order valence-corrected chi connectivity index (χ0v) is 28.5. The third-order valence-corrected chi connectivity index (χ3v) is 7.79. The van der Waals surface area contributed by atoms with E-state index in [0.717, 1.165) is 19.3 Å². The number of ether oxygens (including phenoxy) is 5. The van der Waals surface area contributed by atoms with E-state index in [1.54, 1.807) is 33.7 Å². The van der Waals surface area contributed by atoms with Gasteiger partial charge >= 0.3 is 0 Å². The van der Waals surface area contributed by atoms with Crippen molar-refractivity contribution in [1.29, 1.82) is 0 Å². The Morgan fingerprint density at radius 1 is 0.907 bits per heavy atom. The third kappa shape index (κ3) is 23.3. The molecule has 1 aromatic carbocycles. The van der Waals surface area contributed by atoms with Crippen molar-refractivity contribution in [3.63, 3.8) is 0 Å². The zero-order valence-electron chi connectivity index (χ0n) is 26.8. The first kappa shape index (κ1) is 39.3. The minimum atomic E-state index is -0.175. The van der Waals surface area contributed by atoms with E-state index >= 15 is 0 Å². The highest BCUT2D eigenvalue weighted by Gasteiger charge is 2.12. The van der Waals surface area contributed by atoms with E-state index in [9.17, 15) is 9.59 Å². The molecule has 0 aliphatic carbocycles. The van der Waals surface area contributed by atoms with Crippen molar-refractivity contribution in [2.75, 3.05) is 65.7 Å². The molecular formula is C33H53NO7S2. The van der Waals surface area contributed by atoms with Gasteiger partial charge in [0.1, 0.15) is 30.2 Å². The Hall–Kier alpha value is -1.74. The van der Waals surface area contributed by atoms with E-state index in [1.807, 2.05) is 32.2 Å². The van der Waals surface area contributed by atoms with Crippen LogP contribution in [0, 0.1) is 23.7 Å². The molecule has 0 radical (unpaired) electrons. The van der Waals surface area contributed by atoms with Crippen LogP contribution in [0.25, 0.3) is 0 Å². The first-order valence-corrected chi connectivity index (χ1v) is 18.0. The molecule has 0 aromatic heterocycles. The second-order valence-electron chi connectivity index (χ2n) is 10.7. The molecule has 244 valence electrons. The van der Waals surface area contributed by atoms with E-state index in [4.69, 9.17) is 23.7 Å². The number of carbonyl (C=O) groups is 2. The molecular weight excluding hydrogens is 586 g/mol. The smallest absolute Gasteiger partial charge is 0.251 e. The summed E-state index contributed by atoms with van der Waals surface area (Å²) in [6, 6.07) is 7.23. The highest BCUT2D eigenvalue weighted by molar-refractivity contribution is 8.76. The summed E-state index contributed by atoms with van der Waals surface area (Å²) in [5.41, 5.74) is 0.412. The van der Waals surface area contributed by atoms with Gasteiger partial charge in [-0.25, -0.2) is 0 Å². The largest absolute Gasteiger partial charge is 0.490 e. The van der Waals surface area contributed by atoms with Crippen LogP contribution >= 0.6 is 21.6 Å². The van der Waals surface area contributed by atoms with Gasteiger partial charge in [-0.1, -0.05) is 67.2 Å². The van der Waals surface area contributed by atoms with Crippen molar-refractivity contribution in [3.8, 4) is 17.6 Å². The molecule has 0 saturated carbocycles. The summed E-state index contributed by atoms with van der Waals surface area (Å²) in [6.07, 6.45) is 6.54. The summed E-state index contributed by atoms with van der Waals surface area (Å²) in [6.45, 7) is 12.8. The number of amides is 1. The average molecular weight is 640 g/mol. The molecule has 1 atom stereocenters. The third-order valence-electron chi connectivity index (χ3n) is 5.89. The maximum atomic E-state index is 12.5. The molecule has 0 heterocycles. The average Bonchev–Trinajstić information content (AvgIpc) is 2.98. The van der Waals surface area contributed by atoms with Crippen LogP contribution in [0.5, 0.6) is 5.75 Å². The van der Waals surface area contributed by atoms with Crippen LogP contribution in [0.4, 0.5) is 0 Å². The first-order chi connectivity index (χ1) is 20.8. The molecule has 8 nitrogen and oxygen atoms in total. The maximum Gasteiger partial charge on any atom is 0.251 e. The topological polar surface area (TPSA) is 92.3 Å². The van der Waals surface area contributed by atoms with Crippen LogP contribution in [-0.4, -0.2) is 82.8 Å². The molecule has 0 aliphatic heterocycles. The van der Waals surface area contributed by atoms with Crippen molar-refractivity contribution in [3.05, 3.63) is 29.8 Å². The fourth-order valence-electron chi connectivity index (χ4n) is 3.71. The van der Waals surface area contributed by atoms with Gasteiger partial charge in [0.05, 0.1) is 26.4 Å². The maximum absolute atomic E-state index is 12.5. The number of hydrogen-bond acceptors (Lipinski definition) is 9. The zero-order chi connectivity index (χ0) is 31.5. The Balaban J connectivity index is 2.10. The lowest BCUT2D eigenvalue weighted by molar-refractivity contribution is -0.119. The monoisotopic (exact) mass is 639 g/mol. The van der Waals surface area contributed by atoms with Gasteiger partial charge < -0.3 is 29.0 Å². The van der Waals surface area contributed by atoms with E-state index in [1.165, 1.54) is 0 Å². The number of rotatable bonds is 26. The summed E-state index contributed by atoms with van der Waals surface area (Å²) in [5, 5.41) is 2.98. The van der Waals surface area contributed by atoms with Crippen molar-refractivity contribution in [2.45, 2.75) is 71.7 Å². The van der Waals surface area contributed by atoms with Crippen LogP contribution < -0.4 is 10.1 Å². The normalized spacial score (nSPS) is 11.8. The molecule has 0 fully saturated rings. The Kier molecular flexibility index (Phi) is 24.3. The minimum Gasteiger partial charge on any atom is -0.490 e. The van der Waals surface area contributed by atoms with Gasteiger partial charge in [-0.15, -0.1) is 0 Å². The molecule has 1 N–H and O–H groups in total. The Labute approximate surface area is 267 Å². The number of Topliss-reactive ketones (excluding diaryl/α,β-unsaturated/α-hetero) is 1. The quantitative estimate of drug-likeness (QED) is 0.0533. The highest BCUT2D eigenvalue weighted by Crippen LogP contribution is 2.25. The van der Waals surface area contributed by atoms with Crippen LogP contribution in [0.3, 0.4) is 0 Å². The number of ketones is 1. The van der Waals surface area contributed by atoms with Gasteiger partial charge in [0.15, 0.2) is 0 Å². The van der Waals surface area contributed by atoms with E-state index < -0.39 is 0 Å². The fourth-order valence-corrected chi connectivity index (χ4v) is 5.18. The van der Waals surface area contributed by atoms with E-state index in [2.05, 4.69) is 31.0 Å². The van der Waals surface area contributed by atoms with Crippen LogP contribution in [0.1, 0.15) is 76.6 Å². The second-order valence-corrected chi connectivity index (χ2v) is 13.3. The Morgan fingerprint density at radius 2 is 1.60 bits per heavy atom. The summed E-state index contributed by atoms with van der Waals surface area (Å²) in [7, 11) is 3.19. The van der Waals surface area contributed by atoms with Crippen LogP contribution in [-0.2, 0) is 23.7 Å². The lowest BCUT2D eigenvalue weighted by Gasteiger charge is -2.17. The van der Waals surface area contributed by atoms with Crippen molar-refractivity contribution in [2.24, 2.45) is 11.8 Å². The lowest BCUT2D eigenvalue weighted by atomic mass is 10.1. The number of carbonyl (C=O) groups excluding carboxylic acids is 2. The van der Waals surface area contributed by atoms with Crippen molar-refractivity contribution in [1.82, 2.24) is 5.32 Å². The standard InChI is InChI=1S/C33H53NO7S2/c1-27(2)11-7-17-34-33(36)29-13-6-16-31(25-29)41-26-32(43-42-5)40-24-23-39-22-21-38-20-10-15-30(35)14-9-19-37-18-8-12-28(3)4/h6,13,16,25,27-28,32H,7,9-11,14-15,17-24,26H2,1-5H3,(H,34,36)/t32-/m0/s1. The molecule has 0 spiro atoms. The van der Waals surface area contributed by atoms with Crippen LogP contribution in [0.15, 0.2) is 24.3 Å². The highest BCUT2D eigenvalue weighted by atomic mass is 33.1. The molecule has 43 heavy (non-hydrogen) atoms. The van der Waals surface area contributed by atoms with Gasteiger partial charge in [0, 0.05) is 44.1 Å². The summed E-state index contributed by atoms with van der Waals surface area (Å²) in [4.78, 5) is 24.4. The molecule has 10 heteroatoms. The Bertz CT molecular complexity index is 933. The number of hydrogen-bond donors (Lipinski definition) is 1. The van der Waals surface area contributed by atoms with Crippen molar-refractivity contribution < 1.29 is 33.3 Å². The van der Waals surface area contributed by atoms with E-state index in [0.29, 0.717) is 102 Å². The number of nitrogens with one attached hydrogen (secondary N) is 1. The van der Waals surface area contributed by atoms with Crippen molar-refractivity contribution >= 4 is 33.3 Å². The molecule has 0 aliphatic rings. The second kappa shape index (κ2) is 26.6. The first-order valence-electron chi connectivity index (χ1n) is 15.4. The minimum absolute atomic E-state index is 0.0874. The van der Waals surface area contributed by atoms with Gasteiger partial charge in [0.2, 0.25) is 0 Å². The fraction of sp³-hybridized carbons (Fsp3) is 0.697. The molecule has 1 amide bonds. The SMILES string of the molecule is CSS[C@@H](COc1cccc(C(=O)NCCCC(C)C)c1)OCCOCCOCCCC(=O)CCCOCC#CC(C)C. The van der Waals surface area contributed by atoms with Crippen LogP contribution in [0.2, 0.25) is 0 Å². The number of benzene rings is 1. The molecule has 1 aromatic rings. The lowest BCUT2D eigenvalue weighted by Crippen LogP contribution is -2.24. The van der Waals surface area contributed by atoms with Gasteiger partial charge in [-0.05, 0) is 56.1 Å². The predicted octanol–water partition coefficient (Wildman–Crippen LogP) is 6.42.